The fourth-order valence-corrected chi connectivity index (χ4v) is 4.58. The summed E-state index contributed by atoms with van der Waals surface area (Å²) in [5.41, 5.74) is 0.585. The first-order valence-electron chi connectivity index (χ1n) is 8.41. The second-order valence-corrected chi connectivity index (χ2v) is 9.14. The number of alkyl carbamates (subject to hydrolysis) is 1. The van der Waals surface area contributed by atoms with Crippen LogP contribution in [0.25, 0.3) is 0 Å². The molecule has 0 bridgehead atoms. The molecule has 1 aromatic heterocycles. The third-order valence-electron chi connectivity index (χ3n) is 3.85. The molecule has 3 amide bonds. The summed E-state index contributed by atoms with van der Waals surface area (Å²) >= 11 is 1.07. The highest BCUT2D eigenvalue weighted by atomic mass is 32.2. The van der Waals surface area contributed by atoms with E-state index in [0.717, 1.165) is 35.6 Å². The number of rotatable bonds is 6. The molecule has 0 unspecified atom stereocenters. The molecule has 0 saturated heterocycles. The number of hydrogen-bond acceptors (Lipinski definition) is 7. The Kier molecular flexibility index (Phi) is 7.09. The molecule has 2 rings (SSSR count). The SMILES string of the molecule is CCOC(=O)NC(=O)c1c(NC(=O)CS(=O)(=O)c2ccc(F)cc2)sc(C)c1C. The standard InChI is InChI=1S/C18H19FN2O6S2/c1-4-27-18(24)21-16(23)15-10(2)11(3)28-17(15)20-14(22)9-29(25,26)13-7-5-12(19)6-8-13/h5-8H,4,9H2,1-3H3,(H,20,22)(H,21,23,24). The number of imide groups is 1. The van der Waals surface area contributed by atoms with Gasteiger partial charge in [0.2, 0.25) is 5.91 Å². The molecule has 1 aromatic carbocycles. The Hall–Kier alpha value is -2.79. The molecular weight excluding hydrogens is 423 g/mol. The summed E-state index contributed by atoms with van der Waals surface area (Å²) in [4.78, 5) is 36.7. The lowest BCUT2D eigenvalue weighted by atomic mass is 10.1. The highest BCUT2D eigenvalue weighted by Gasteiger charge is 2.25. The van der Waals surface area contributed by atoms with Crippen LogP contribution in [0, 0.1) is 19.7 Å². The van der Waals surface area contributed by atoms with E-state index in [1.165, 1.54) is 0 Å². The Morgan fingerprint density at radius 3 is 2.34 bits per heavy atom. The van der Waals surface area contributed by atoms with Crippen molar-refractivity contribution in [1.29, 1.82) is 0 Å². The summed E-state index contributed by atoms with van der Waals surface area (Å²) < 4.78 is 42.3. The van der Waals surface area contributed by atoms with Gasteiger partial charge in [0.1, 0.15) is 16.6 Å². The van der Waals surface area contributed by atoms with E-state index < -0.39 is 39.3 Å². The summed E-state index contributed by atoms with van der Waals surface area (Å²) in [6, 6.07) is 4.09. The van der Waals surface area contributed by atoms with Crippen molar-refractivity contribution in [1.82, 2.24) is 5.32 Å². The van der Waals surface area contributed by atoms with Crippen LogP contribution in [0.4, 0.5) is 14.2 Å². The predicted molar refractivity (Wildman–Crippen MR) is 105 cm³/mol. The maximum Gasteiger partial charge on any atom is 0.414 e. The largest absolute Gasteiger partial charge is 0.450 e. The van der Waals surface area contributed by atoms with Crippen LogP contribution in [0.3, 0.4) is 0 Å². The molecule has 29 heavy (non-hydrogen) atoms. The molecule has 0 saturated carbocycles. The number of anilines is 1. The lowest BCUT2D eigenvalue weighted by Crippen LogP contribution is -2.32. The van der Waals surface area contributed by atoms with Gasteiger partial charge in [-0.3, -0.25) is 14.9 Å². The van der Waals surface area contributed by atoms with Crippen molar-refractivity contribution < 1.29 is 31.9 Å². The van der Waals surface area contributed by atoms with Crippen molar-refractivity contribution in [2.45, 2.75) is 25.7 Å². The van der Waals surface area contributed by atoms with Gasteiger partial charge in [0.15, 0.2) is 9.84 Å². The molecular formula is C18H19FN2O6S2. The molecule has 11 heteroatoms. The summed E-state index contributed by atoms with van der Waals surface area (Å²) in [5, 5.41) is 4.57. The Bertz CT molecular complexity index is 1050. The molecule has 0 aliphatic heterocycles. The Labute approximate surface area is 171 Å². The number of thiophene rings is 1. The van der Waals surface area contributed by atoms with Crippen molar-refractivity contribution in [3.63, 3.8) is 0 Å². The third-order valence-corrected chi connectivity index (χ3v) is 6.61. The van der Waals surface area contributed by atoms with Gasteiger partial charge in [-0.1, -0.05) is 0 Å². The van der Waals surface area contributed by atoms with Crippen molar-refractivity contribution in [2.24, 2.45) is 0 Å². The van der Waals surface area contributed by atoms with E-state index in [0.29, 0.717) is 10.4 Å². The zero-order chi connectivity index (χ0) is 21.8. The van der Waals surface area contributed by atoms with E-state index in [1.54, 1.807) is 20.8 Å². The number of sulfone groups is 1. The number of ether oxygens (including phenoxy) is 1. The van der Waals surface area contributed by atoms with Gasteiger partial charge in [-0.15, -0.1) is 11.3 Å². The Morgan fingerprint density at radius 2 is 1.76 bits per heavy atom. The van der Waals surface area contributed by atoms with E-state index in [2.05, 4.69) is 10.1 Å². The molecule has 0 spiro atoms. The van der Waals surface area contributed by atoms with Crippen LogP contribution in [0.2, 0.25) is 0 Å². The van der Waals surface area contributed by atoms with E-state index >= 15 is 0 Å². The van der Waals surface area contributed by atoms with Gasteiger partial charge in [0.25, 0.3) is 5.91 Å². The minimum absolute atomic E-state index is 0.0492. The first kappa shape index (κ1) is 22.5. The number of benzene rings is 1. The first-order valence-corrected chi connectivity index (χ1v) is 10.9. The normalized spacial score (nSPS) is 11.0. The molecule has 156 valence electrons. The highest BCUT2D eigenvalue weighted by Crippen LogP contribution is 2.32. The first-order chi connectivity index (χ1) is 13.5. The van der Waals surface area contributed by atoms with Gasteiger partial charge >= 0.3 is 6.09 Å². The van der Waals surface area contributed by atoms with Crippen LogP contribution < -0.4 is 10.6 Å². The number of halogens is 1. The molecule has 0 aliphatic rings. The van der Waals surface area contributed by atoms with E-state index in [9.17, 15) is 27.2 Å². The molecule has 1 heterocycles. The topological polar surface area (TPSA) is 119 Å². The molecule has 0 aliphatic carbocycles. The van der Waals surface area contributed by atoms with Gasteiger partial charge in [-0.2, -0.15) is 0 Å². The highest BCUT2D eigenvalue weighted by molar-refractivity contribution is 7.92. The zero-order valence-electron chi connectivity index (χ0n) is 15.9. The molecule has 8 nitrogen and oxygen atoms in total. The molecule has 0 atom stereocenters. The van der Waals surface area contributed by atoms with Crippen molar-refractivity contribution in [3.8, 4) is 0 Å². The van der Waals surface area contributed by atoms with Gasteiger partial charge in [-0.25, -0.2) is 17.6 Å². The van der Waals surface area contributed by atoms with Crippen molar-refractivity contribution in [3.05, 3.63) is 46.1 Å². The number of amides is 3. The minimum Gasteiger partial charge on any atom is -0.450 e. The smallest absolute Gasteiger partial charge is 0.414 e. The van der Waals surface area contributed by atoms with Crippen LogP contribution in [-0.4, -0.2) is 38.7 Å². The Morgan fingerprint density at radius 1 is 1.14 bits per heavy atom. The predicted octanol–water partition coefficient (Wildman–Crippen LogP) is 2.80. The third kappa shape index (κ3) is 5.61. The van der Waals surface area contributed by atoms with E-state index in [-0.39, 0.29) is 22.1 Å². The van der Waals surface area contributed by atoms with Gasteiger partial charge < -0.3 is 10.1 Å². The fourth-order valence-electron chi connectivity index (χ4n) is 2.37. The monoisotopic (exact) mass is 442 g/mol. The molecule has 2 aromatic rings. The van der Waals surface area contributed by atoms with Crippen LogP contribution in [0.5, 0.6) is 0 Å². The van der Waals surface area contributed by atoms with Gasteiger partial charge in [0.05, 0.1) is 17.1 Å². The lowest BCUT2D eigenvalue weighted by molar-refractivity contribution is -0.113. The number of nitrogens with one attached hydrogen (secondary N) is 2. The minimum atomic E-state index is -4.01. The maximum atomic E-state index is 13.0. The van der Waals surface area contributed by atoms with Crippen molar-refractivity contribution >= 4 is 44.1 Å². The van der Waals surface area contributed by atoms with Crippen LogP contribution in [0.1, 0.15) is 27.7 Å². The number of aryl methyl sites for hydroxylation is 1. The van der Waals surface area contributed by atoms with Crippen LogP contribution in [0.15, 0.2) is 29.2 Å². The van der Waals surface area contributed by atoms with Crippen LogP contribution in [-0.2, 0) is 19.4 Å². The van der Waals surface area contributed by atoms with Gasteiger partial charge in [0, 0.05) is 4.88 Å². The van der Waals surface area contributed by atoms with E-state index in [4.69, 9.17) is 0 Å². The molecule has 0 fully saturated rings. The second kappa shape index (κ2) is 9.14. The summed E-state index contributed by atoms with van der Waals surface area (Å²) in [7, 11) is -4.01. The Balaban J connectivity index is 2.20. The fraction of sp³-hybridized carbons (Fsp3) is 0.278. The quantitative estimate of drug-likeness (QED) is 0.664. The average molecular weight is 442 g/mol. The summed E-state index contributed by atoms with van der Waals surface area (Å²) in [6.45, 7) is 5.01. The molecule has 0 radical (unpaired) electrons. The number of carbonyl (C=O) groups excluding carboxylic acids is 3. The van der Waals surface area contributed by atoms with Crippen LogP contribution >= 0.6 is 11.3 Å². The van der Waals surface area contributed by atoms with E-state index in [1.807, 2.05) is 5.32 Å². The number of hydrogen-bond donors (Lipinski definition) is 2. The second-order valence-electron chi connectivity index (χ2n) is 5.92. The summed E-state index contributed by atoms with van der Waals surface area (Å²) in [5.74, 6) is -3.15. The van der Waals surface area contributed by atoms with Gasteiger partial charge in [-0.05, 0) is 50.6 Å². The average Bonchev–Trinajstić information content (AvgIpc) is 2.88. The number of carbonyl (C=O) groups is 3. The molecule has 2 N–H and O–H groups in total. The zero-order valence-corrected chi connectivity index (χ0v) is 17.5. The summed E-state index contributed by atoms with van der Waals surface area (Å²) in [6.07, 6.45) is -0.933. The lowest BCUT2D eigenvalue weighted by Gasteiger charge is -2.09. The van der Waals surface area contributed by atoms with Crippen molar-refractivity contribution in [2.75, 3.05) is 17.7 Å². The maximum absolute atomic E-state index is 13.0.